The molecule has 0 unspecified atom stereocenters. The lowest BCUT2D eigenvalue weighted by Gasteiger charge is -2.13. The van der Waals surface area contributed by atoms with Gasteiger partial charge in [0.05, 0.1) is 5.69 Å². The molecule has 0 aliphatic rings. The molecular weight excluding hydrogens is 266 g/mol. The predicted octanol–water partition coefficient (Wildman–Crippen LogP) is 2.61. The minimum absolute atomic E-state index is 0.289. The molecule has 1 aromatic carbocycles. The lowest BCUT2D eigenvalue weighted by atomic mass is 9.94. The summed E-state index contributed by atoms with van der Waals surface area (Å²) in [5, 5.41) is 4.30. The second-order valence-corrected chi connectivity index (χ2v) is 5.33. The monoisotopic (exact) mass is 287 g/mol. The van der Waals surface area contributed by atoms with Crippen LogP contribution in [0.4, 0.5) is 0 Å². The van der Waals surface area contributed by atoms with E-state index in [1.807, 2.05) is 14.0 Å². The second-order valence-electron chi connectivity index (χ2n) is 5.33. The first-order valence-corrected chi connectivity index (χ1v) is 6.95. The molecular formula is C16H21N3O2. The van der Waals surface area contributed by atoms with Crippen LogP contribution in [0.1, 0.15) is 39.7 Å². The highest BCUT2D eigenvalue weighted by atomic mass is 16.7. The molecule has 0 spiro atoms. The van der Waals surface area contributed by atoms with E-state index in [0.29, 0.717) is 6.42 Å². The van der Waals surface area contributed by atoms with Crippen LogP contribution in [0.5, 0.6) is 0 Å². The second kappa shape index (κ2) is 5.69. The fourth-order valence-corrected chi connectivity index (χ4v) is 2.99. The third-order valence-electron chi connectivity index (χ3n) is 3.71. The summed E-state index contributed by atoms with van der Waals surface area (Å²) in [7, 11) is 1.83. The van der Waals surface area contributed by atoms with Gasteiger partial charge in [0, 0.05) is 18.2 Å². The van der Waals surface area contributed by atoms with E-state index >= 15 is 0 Å². The van der Waals surface area contributed by atoms with Crippen molar-refractivity contribution in [3.05, 3.63) is 40.1 Å². The average molecular weight is 287 g/mol. The number of nitrogens with zero attached hydrogens (tertiary/aromatic N) is 2. The van der Waals surface area contributed by atoms with Crippen molar-refractivity contribution >= 4 is 5.97 Å². The van der Waals surface area contributed by atoms with E-state index in [9.17, 15) is 4.79 Å². The standard InChI is InChI=1S/C16H21N3O2/c1-6-12-14(16(20)21-17)18-19(5)15(12)13-10(3)7-9(2)8-11(13)4/h7-8H,6,17H2,1-5H3. The molecule has 0 atom stereocenters. The van der Waals surface area contributed by atoms with Crippen molar-refractivity contribution < 1.29 is 9.63 Å². The van der Waals surface area contributed by atoms with E-state index in [-0.39, 0.29) is 5.69 Å². The smallest absolute Gasteiger partial charge is 0.368 e. The normalized spacial score (nSPS) is 10.8. The zero-order valence-corrected chi connectivity index (χ0v) is 13.2. The molecule has 0 aliphatic heterocycles. The summed E-state index contributed by atoms with van der Waals surface area (Å²) in [4.78, 5) is 16.1. The van der Waals surface area contributed by atoms with Gasteiger partial charge in [-0.1, -0.05) is 24.6 Å². The lowest BCUT2D eigenvalue weighted by molar-refractivity contribution is 0.0494. The first-order chi connectivity index (χ1) is 9.90. The minimum atomic E-state index is -0.601. The molecule has 0 radical (unpaired) electrons. The largest absolute Gasteiger partial charge is 0.377 e. The van der Waals surface area contributed by atoms with Crippen LogP contribution >= 0.6 is 0 Å². The number of rotatable bonds is 3. The van der Waals surface area contributed by atoms with Crippen LogP contribution in [-0.2, 0) is 18.3 Å². The van der Waals surface area contributed by atoms with E-state index in [1.54, 1.807) is 4.68 Å². The quantitative estimate of drug-likeness (QED) is 0.881. The van der Waals surface area contributed by atoms with Crippen LogP contribution in [0.2, 0.25) is 0 Å². The summed E-state index contributed by atoms with van der Waals surface area (Å²) in [6, 6.07) is 4.27. The minimum Gasteiger partial charge on any atom is -0.368 e. The Hall–Kier alpha value is -2.14. The van der Waals surface area contributed by atoms with Crippen molar-refractivity contribution in [1.82, 2.24) is 9.78 Å². The molecule has 2 N–H and O–H groups in total. The first-order valence-electron chi connectivity index (χ1n) is 6.95. The summed E-state index contributed by atoms with van der Waals surface area (Å²) in [5.41, 5.74) is 6.77. The van der Waals surface area contributed by atoms with Gasteiger partial charge in [0.15, 0.2) is 5.69 Å². The van der Waals surface area contributed by atoms with Crippen molar-refractivity contribution in [3.63, 3.8) is 0 Å². The lowest BCUT2D eigenvalue weighted by Crippen LogP contribution is -2.12. The number of aryl methyl sites for hydroxylation is 4. The zero-order chi connectivity index (χ0) is 15.7. The maximum atomic E-state index is 11.8. The highest BCUT2D eigenvalue weighted by Crippen LogP contribution is 2.32. The molecule has 21 heavy (non-hydrogen) atoms. The predicted molar refractivity (Wildman–Crippen MR) is 81.8 cm³/mol. The molecule has 0 aliphatic carbocycles. The van der Waals surface area contributed by atoms with Gasteiger partial charge in [-0.3, -0.25) is 4.68 Å². The van der Waals surface area contributed by atoms with Gasteiger partial charge in [-0.25, -0.2) is 4.79 Å². The fourth-order valence-electron chi connectivity index (χ4n) is 2.99. The number of aromatic nitrogens is 2. The number of carbonyl (C=O) groups is 1. The van der Waals surface area contributed by atoms with Crippen LogP contribution in [-0.4, -0.2) is 15.7 Å². The van der Waals surface area contributed by atoms with E-state index in [2.05, 4.69) is 42.8 Å². The number of hydrogen-bond acceptors (Lipinski definition) is 4. The van der Waals surface area contributed by atoms with Gasteiger partial charge in [-0.2, -0.15) is 11.0 Å². The summed E-state index contributed by atoms with van der Waals surface area (Å²) in [5.74, 6) is 4.41. The average Bonchev–Trinajstić information content (AvgIpc) is 2.74. The van der Waals surface area contributed by atoms with Crippen molar-refractivity contribution in [2.75, 3.05) is 0 Å². The maximum Gasteiger partial charge on any atom is 0.377 e. The van der Waals surface area contributed by atoms with Gasteiger partial charge >= 0.3 is 5.97 Å². The van der Waals surface area contributed by atoms with Gasteiger partial charge in [0.1, 0.15) is 0 Å². The van der Waals surface area contributed by atoms with E-state index < -0.39 is 5.97 Å². The van der Waals surface area contributed by atoms with Crippen molar-refractivity contribution in [2.45, 2.75) is 34.1 Å². The van der Waals surface area contributed by atoms with Crippen LogP contribution in [0, 0.1) is 20.8 Å². The third-order valence-corrected chi connectivity index (χ3v) is 3.71. The topological polar surface area (TPSA) is 70.1 Å². The zero-order valence-electron chi connectivity index (χ0n) is 13.2. The van der Waals surface area contributed by atoms with Crippen LogP contribution in [0.25, 0.3) is 11.3 Å². The summed E-state index contributed by atoms with van der Waals surface area (Å²) in [6.07, 6.45) is 0.681. The molecule has 2 aromatic rings. The summed E-state index contributed by atoms with van der Waals surface area (Å²) < 4.78 is 1.73. The molecule has 0 saturated carbocycles. The summed E-state index contributed by atoms with van der Waals surface area (Å²) >= 11 is 0. The van der Waals surface area contributed by atoms with Gasteiger partial charge in [0.2, 0.25) is 0 Å². The van der Waals surface area contributed by atoms with Gasteiger partial charge in [-0.15, -0.1) is 0 Å². The fraction of sp³-hybridized carbons (Fsp3) is 0.375. The molecule has 112 valence electrons. The third kappa shape index (κ3) is 2.56. The molecule has 5 heteroatoms. The SMILES string of the molecule is CCc1c(C(=O)ON)nn(C)c1-c1c(C)cc(C)cc1C. The highest BCUT2D eigenvalue weighted by Gasteiger charge is 2.24. The van der Waals surface area contributed by atoms with E-state index in [0.717, 1.165) is 27.9 Å². The number of carbonyl (C=O) groups excluding carboxylic acids is 1. The molecule has 1 aromatic heterocycles. The van der Waals surface area contributed by atoms with Gasteiger partial charge in [0.25, 0.3) is 0 Å². The molecule has 0 amide bonds. The van der Waals surface area contributed by atoms with E-state index in [1.165, 1.54) is 5.56 Å². The summed E-state index contributed by atoms with van der Waals surface area (Å²) in [6.45, 7) is 8.21. The Morgan fingerprint density at radius 1 is 1.29 bits per heavy atom. The van der Waals surface area contributed by atoms with Crippen LogP contribution in [0.3, 0.4) is 0 Å². The number of benzene rings is 1. The molecule has 1 heterocycles. The Kier molecular flexibility index (Phi) is 4.14. The Balaban J connectivity index is 2.76. The maximum absolute atomic E-state index is 11.8. The molecule has 0 saturated heterocycles. The molecule has 2 rings (SSSR count). The van der Waals surface area contributed by atoms with Crippen LogP contribution in [0.15, 0.2) is 12.1 Å². The Morgan fingerprint density at radius 2 is 1.86 bits per heavy atom. The number of hydrogen-bond donors (Lipinski definition) is 1. The van der Waals surface area contributed by atoms with Crippen molar-refractivity contribution in [2.24, 2.45) is 12.9 Å². The van der Waals surface area contributed by atoms with E-state index in [4.69, 9.17) is 5.90 Å². The molecule has 0 bridgehead atoms. The Morgan fingerprint density at radius 3 is 2.33 bits per heavy atom. The molecule has 5 nitrogen and oxygen atoms in total. The van der Waals surface area contributed by atoms with Gasteiger partial charge in [-0.05, 0) is 38.3 Å². The first kappa shape index (κ1) is 15.3. The van der Waals surface area contributed by atoms with Crippen LogP contribution < -0.4 is 5.90 Å². The Labute approximate surface area is 124 Å². The van der Waals surface area contributed by atoms with Gasteiger partial charge < -0.3 is 4.84 Å². The Bertz CT molecular complexity index is 679. The molecule has 0 fully saturated rings. The highest BCUT2D eigenvalue weighted by molar-refractivity contribution is 5.91. The van der Waals surface area contributed by atoms with Crippen molar-refractivity contribution in [1.29, 1.82) is 0 Å². The van der Waals surface area contributed by atoms with Crippen molar-refractivity contribution in [3.8, 4) is 11.3 Å². The number of nitrogens with two attached hydrogens (primary N) is 1.